The second-order valence-electron chi connectivity index (χ2n) is 9.53. The van der Waals surface area contributed by atoms with Crippen molar-refractivity contribution in [1.29, 1.82) is 0 Å². The molecule has 0 radical (unpaired) electrons. The third kappa shape index (κ3) is 4.42. The minimum absolute atomic E-state index is 0.0322. The maximum absolute atomic E-state index is 13.4. The summed E-state index contributed by atoms with van der Waals surface area (Å²) in [6.07, 6.45) is 0. The molecule has 1 aromatic heterocycles. The van der Waals surface area contributed by atoms with Crippen molar-refractivity contribution < 1.29 is 24.5 Å². The van der Waals surface area contributed by atoms with E-state index >= 15 is 0 Å². The normalized spacial score (nSPS) is 17.2. The summed E-state index contributed by atoms with van der Waals surface area (Å²) in [6.45, 7) is 6.51. The number of hydrogen-bond donors (Lipinski definition) is 3. The molecule has 1 atom stereocenters. The number of ketones is 1. The van der Waals surface area contributed by atoms with Crippen LogP contribution in [0.3, 0.4) is 0 Å². The number of aromatic amines is 1. The first-order chi connectivity index (χ1) is 17.7. The van der Waals surface area contributed by atoms with Crippen LogP contribution < -0.4 is 9.64 Å². The maximum atomic E-state index is 13.4. The summed E-state index contributed by atoms with van der Waals surface area (Å²) in [6, 6.07) is 17.7. The van der Waals surface area contributed by atoms with Crippen molar-refractivity contribution in [3.63, 3.8) is 0 Å². The number of para-hydroxylation sites is 2. The van der Waals surface area contributed by atoms with E-state index in [0.29, 0.717) is 40.4 Å². The van der Waals surface area contributed by atoms with E-state index in [4.69, 9.17) is 4.74 Å². The lowest BCUT2D eigenvalue weighted by molar-refractivity contribution is -0.132. The molecule has 3 N–H and O–H groups in total. The molecule has 188 valence electrons. The third-order valence-electron chi connectivity index (χ3n) is 6.26. The monoisotopic (exact) mass is 497 g/mol. The van der Waals surface area contributed by atoms with Crippen LogP contribution in [0, 0.1) is 12.8 Å². The number of carbonyl (C=O) groups is 2. The Morgan fingerprint density at radius 2 is 1.86 bits per heavy atom. The number of rotatable bonds is 6. The first-order valence-electron chi connectivity index (χ1n) is 12.0. The van der Waals surface area contributed by atoms with E-state index in [2.05, 4.69) is 23.8 Å². The lowest BCUT2D eigenvalue weighted by Crippen LogP contribution is -2.30. The lowest BCUT2D eigenvalue weighted by Gasteiger charge is -2.23. The summed E-state index contributed by atoms with van der Waals surface area (Å²) in [5, 5.41) is 21.6. The van der Waals surface area contributed by atoms with E-state index in [1.807, 2.05) is 25.1 Å². The van der Waals surface area contributed by atoms with Crippen molar-refractivity contribution in [1.82, 2.24) is 9.97 Å². The zero-order chi connectivity index (χ0) is 26.3. The predicted molar refractivity (Wildman–Crippen MR) is 140 cm³/mol. The van der Waals surface area contributed by atoms with E-state index in [1.165, 1.54) is 17.0 Å². The highest BCUT2D eigenvalue weighted by Gasteiger charge is 2.48. The summed E-state index contributed by atoms with van der Waals surface area (Å²) in [5.74, 6) is -0.823. The quantitative estimate of drug-likeness (QED) is 0.191. The Morgan fingerprint density at radius 1 is 1.08 bits per heavy atom. The number of aromatic nitrogens is 2. The molecule has 2 heterocycles. The van der Waals surface area contributed by atoms with Crippen LogP contribution in [0.2, 0.25) is 0 Å². The maximum Gasteiger partial charge on any atom is 0.302 e. The van der Waals surface area contributed by atoms with Gasteiger partial charge in [-0.1, -0.05) is 38.1 Å². The van der Waals surface area contributed by atoms with Crippen molar-refractivity contribution in [3.05, 3.63) is 89.0 Å². The summed E-state index contributed by atoms with van der Waals surface area (Å²) < 4.78 is 5.84. The molecular formula is C29H27N3O5. The fourth-order valence-electron chi connectivity index (χ4n) is 4.49. The molecule has 1 saturated heterocycles. The number of Topliss-reactive ketones (excluding diaryl/α,β-unsaturated/α-hetero) is 1. The molecule has 1 unspecified atom stereocenters. The smallest absolute Gasteiger partial charge is 0.302 e. The number of aliphatic hydroxyl groups is 1. The average Bonchev–Trinajstić information content (AvgIpc) is 3.41. The molecule has 4 aromatic rings. The molecular weight excluding hydrogens is 470 g/mol. The van der Waals surface area contributed by atoms with Gasteiger partial charge in [0.05, 0.1) is 29.3 Å². The van der Waals surface area contributed by atoms with Gasteiger partial charge >= 0.3 is 5.91 Å². The number of aryl methyl sites for hydroxylation is 1. The van der Waals surface area contributed by atoms with Crippen molar-refractivity contribution in [2.45, 2.75) is 26.8 Å². The molecule has 0 bridgehead atoms. The van der Waals surface area contributed by atoms with Gasteiger partial charge < -0.3 is 19.9 Å². The Kier molecular flexibility index (Phi) is 6.17. The number of phenols is 1. The zero-order valence-corrected chi connectivity index (χ0v) is 20.7. The van der Waals surface area contributed by atoms with Crippen LogP contribution in [0.25, 0.3) is 16.8 Å². The summed E-state index contributed by atoms with van der Waals surface area (Å²) in [7, 11) is 0. The van der Waals surface area contributed by atoms with Gasteiger partial charge in [0, 0.05) is 5.56 Å². The zero-order valence-electron chi connectivity index (χ0n) is 20.7. The number of hydrogen-bond acceptors (Lipinski definition) is 6. The fourth-order valence-corrected chi connectivity index (χ4v) is 4.49. The topological polar surface area (TPSA) is 116 Å². The number of carbonyl (C=O) groups excluding carboxylic acids is 2. The van der Waals surface area contributed by atoms with E-state index in [-0.39, 0.29) is 23.0 Å². The molecule has 3 aromatic carbocycles. The molecule has 0 saturated carbocycles. The molecule has 5 rings (SSSR count). The van der Waals surface area contributed by atoms with Gasteiger partial charge in [-0.15, -0.1) is 0 Å². The Labute approximate surface area is 213 Å². The summed E-state index contributed by atoms with van der Waals surface area (Å²) in [5.41, 5.74) is 2.84. The minimum atomic E-state index is -1.01. The number of aromatic hydroxyl groups is 1. The second-order valence-corrected chi connectivity index (χ2v) is 9.53. The van der Waals surface area contributed by atoms with Crippen LogP contribution in [0.5, 0.6) is 11.5 Å². The van der Waals surface area contributed by atoms with Crippen molar-refractivity contribution in [2.24, 2.45) is 5.92 Å². The number of aliphatic hydroxyl groups excluding tert-OH is 1. The van der Waals surface area contributed by atoms with Crippen LogP contribution in [-0.4, -0.2) is 38.5 Å². The van der Waals surface area contributed by atoms with E-state index in [9.17, 15) is 19.8 Å². The van der Waals surface area contributed by atoms with Gasteiger partial charge in [0.25, 0.3) is 5.78 Å². The van der Waals surface area contributed by atoms with Crippen molar-refractivity contribution >= 4 is 34.4 Å². The first kappa shape index (κ1) is 24.1. The average molecular weight is 498 g/mol. The molecule has 8 nitrogen and oxygen atoms in total. The number of nitrogens with zero attached hydrogens (tertiary/aromatic N) is 2. The number of H-pyrrole nitrogens is 1. The van der Waals surface area contributed by atoms with Crippen LogP contribution in [0.1, 0.15) is 36.6 Å². The van der Waals surface area contributed by atoms with Gasteiger partial charge in [-0.2, -0.15) is 0 Å². The number of nitrogens with one attached hydrogen (secondary N) is 1. The molecule has 8 heteroatoms. The van der Waals surface area contributed by atoms with Crippen LogP contribution in [-0.2, 0) is 9.59 Å². The summed E-state index contributed by atoms with van der Waals surface area (Å²) >= 11 is 0. The van der Waals surface area contributed by atoms with Gasteiger partial charge in [-0.3, -0.25) is 14.5 Å². The Balaban J connectivity index is 1.65. The predicted octanol–water partition coefficient (Wildman–Crippen LogP) is 5.24. The van der Waals surface area contributed by atoms with Gasteiger partial charge in [0.1, 0.15) is 17.3 Å². The molecule has 0 aliphatic carbocycles. The molecule has 1 aliphatic heterocycles. The van der Waals surface area contributed by atoms with Crippen molar-refractivity contribution in [3.8, 4) is 11.5 Å². The SMILES string of the molecule is Cc1cc(/C(O)=C2\C(=O)C(=O)N(c3nc4ccccc4[nH]3)C2c2cccc(O)c2)ccc1OCC(C)C. The highest BCUT2D eigenvalue weighted by atomic mass is 16.5. The van der Waals surface area contributed by atoms with E-state index in [0.717, 1.165) is 5.56 Å². The number of anilines is 1. The lowest BCUT2D eigenvalue weighted by atomic mass is 9.94. The van der Waals surface area contributed by atoms with Crippen LogP contribution in [0.15, 0.2) is 72.3 Å². The van der Waals surface area contributed by atoms with Crippen LogP contribution >= 0.6 is 0 Å². The number of benzene rings is 3. The number of ether oxygens (including phenoxy) is 1. The highest BCUT2D eigenvalue weighted by Crippen LogP contribution is 2.42. The van der Waals surface area contributed by atoms with Gasteiger partial charge in [0.15, 0.2) is 0 Å². The van der Waals surface area contributed by atoms with E-state index < -0.39 is 17.7 Å². The number of amides is 1. The number of phenolic OH excluding ortho intramolecular Hbond substituents is 1. The Bertz CT molecular complexity index is 1520. The summed E-state index contributed by atoms with van der Waals surface area (Å²) in [4.78, 5) is 35.6. The number of fused-ring (bicyclic) bond motifs is 1. The van der Waals surface area contributed by atoms with Gasteiger partial charge in [-0.05, 0) is 66.4 Å². The standard InChI is InChI=1S/C29H27N3O5/c1-16(2)15-37-23-12-11-19(13-17(23)3)26(34)24-25(18-7-6-8-20(33)14-18)32(28(36)27(24)35)29-30-21-9-4-5-10-22(21)31-29/h4-14,16,25,33-34H,15H2,1-3H3,(H,30,31)/b26-24+. The van der Waals surface area contributed by atoms with E-state index in [1.54, 1.807) is 36.4 Å². The molecule has 1 fully saturated rings. The van der Waals surface area contributed by atoms with Crippen molar-refractivity contribution in [2.75, 3.05) is 11.5 Å². The largest absolute Gasteiger partial charge is 0.508 e. The van der Waals surface area contributed by atoms with Crippen LogP contribution in [0.4, 0.5) is 5.95 Å². The molecule has 1 aliphatic rings. The molecule has 37 heavy (non-hydrogen) atoms. The fraction of sp³-hybridized carbons (Fsp3) is 0.207. The second kappa shape index (κ2) is 9.46. The van der Waals surface area contributed by atoms with Gasteiger partial charge in [0.2, 0.25) is 5.95 Å². The number of imidazole rings is 1. The minimum Gasteiger partial charge on any atom is -0.508 e. The Morgan fingerprint density at radius 3 is 2.57 bits per heavy atom. The van der Waals surface area contributed by atoms with Gasteiger partial charge in [-0.25, -0.2) is 4.98 Å². The third-order valence-corrected chi connectivity index (χ3v) is 6.26. The highest BCUT2D eigenvalue weighted by molar-refractivity contribution is 6.51. The first-order valence-corrected chi connectivity index (χ1v) is 12.0. The molecule has 0 spiro atoms. The Hall–Kier alpha value is -4.59. The molecule has 1 amide bonds.